The smallest absolute Gasteiger partial charge is 0.211 e. The van der Waals surface area contributed by atoms with E-state index < -0.39 is 10.0 Å². The topological polar surface area (TPSA) is 78.1 Å². The third-order valence-electron chi connectivity index (χ3n) is 3.51. The van der Waals surface area contributed by atoms with Gasteiger partial charge in [0.15, 0.2) is 0 Å². The van der Waals surface area contributed by atoms with Gasteiger partial charge in [0.25, 0.3) is 0 Å². The number of sulfonamides is 1. The summed E-state index contributed by atoms with van der Waals surface area (Å²) < 4.78 is 24.5. The van der Waals surface area contributed by atoms with Crippen molar-refractivity contribution in [3.8, 4) is 0 Å². The zero-order valence-corrected chi connectivity index (χ0v) is 12.5. The molecule has 1 fully saturated rings. The highest BCUT2D eigenvalue weighted by Gasteiger charge is 2.29. The normalized spacial score (nSPS) is 20.6. The number of hydrogen-bond acceptors (Lipinski definition) is 4. The lowest BCUT2D eigenvalue weighted by atomic mass is 10.2. The van der Waals surface area contributed by atoms with Gasteiger partial charge in [0.2, 0.25) is 10.0 Å². The molecule has 3 rings (SSSR count). The molecule has 0 unspecified atom stereocenters. The molecular formula is C12H15ClN4O2S. The van der Waals surface area contributed by atoms with Crippen LogP contribution in [0.5, 0.6) is 0 Å². The van der Waals surface area contributed by atoms with Crippen LogP contribution in [-0.4, -0.2) is 48.1 Å². The third kappa shape index (κ3) is 2.48. The van der Waals surface area contributed by atoms with Crippen LogP contribution in [0.2, 0.25) is 5.02 Å². The monoisotopic (exact) mass is 314 g/mol. The van der Waals surface area contributed by atoms with Gasteiger partial charge in [-0.05, 0) is 12.5 Å². The summed E-state index contributed by atoms with van der Waals surface area (Å²) in [5.41, 5.74) is 1.56. The Labute approximate surface area is 122 Å². The van der Waals surface area contributed by atoms with Crippen LogP contribution in [0.3, 0.4) is 0 Å². The van der Waals surface area contributed by atoms with Gasteiger partial charge in [-0.25, -0.2) is 17.7 Å². The summed E-state index contributed by atoms with van der Waals surface area (Å²) in [7, 11) is -3.13. The number of aromatic nitrogens is 2. The molecule has 0 aliphatic carbocycles. The number of H-pyrrole nitrogens is 1. The van der Waals surface area contributed by atoms with Gasteiger partial charge in [-0.3, -0.25) is 0 Å². The first-order valence-electron chi connectivity index (χ1n) is 6.28. The van der Waals surface area contributed by atoms with Gasteiger partial charge in [0.1, 0.15) is 5.65 Å². The fraction of sp³-hybridized carbons (Fsp3) is 0.417. The number of rotatable bonds is 3. The minimum atomic E-state index is -3.13. The Balaban J connectivity index is 1.84. The van der Waals surface area contributed by atoms with E-state index in [4.69, 9.17) is 11.6 Å². The van der Waals surface area contributed by atoms with E-state index >= 15 is 0 Å². The Morgan fingerprint density at radius 2 is 2.35 bits per heavy atom. The zero-order valence-electron chi connectivity index (χ0n) is 10.9. The number of hydrogen-bond donors (Lipinski definition) is 2. The molecule has 1 atom stereocenters. The summed E-state index contributed by atoms with van der Waals surface area (Å²) in [6.07, 6.45) is 5.39. The Morgan fingerprint density at radius 3 is 3.05 bits per heavy atom. The standard InChI is InChI=1S/C12H15ClN4O2S/c1-20(18,19)17-5-3-8(7-17)16-11-9-2-4-14-12(9)15-6-10(11)13/h2,4,6,8H,3,5,7H2,1H3,(H2,14,15,16)/t8-/m0/s1. The first kappa shape index (κ1) is 13.7. The van der Waals surface area contributed by atoms with E-state index in [1.54, 1.807) is 12.4 Å². The molecule has 8 heteroatoms. The average molecular weight is 315 g/mol. The van der Waals surface area contributed by atoms with E-state index in [0.29, 0.717) is 18.1 Å². The molecule has 0 aromatic carbocycles. The summed E-state index contributed by atoms with van der Waals surface area (Å²) in [6, 6.07) is 1.96. The summed E-state index contributed by atoms with van der Waals surface area (Å²) in [5, 5.41) is 4.79. The van der Waals surface area contributed by atoms with E-state index in [0.717, 1.165) is 23.1 Å². The molecule has 1 saturated heterocycles. The molecule has 1 aliphatic heterocycles. The maximum atomic E-state index is 11.5. The van der Waals surface area contributed by atoms with Crippen LogP contribution in [0.1, 0.15) is 6.42 Å². The molecule has 2 N–H and O–H groups in total. The highest BCUT2D eigenvalue weighted by atomic mass is 35.5. The van der Waals surface area contributed by atoms with Gasteiger partial charge >= 0.3 is 0 Å². The second-order valence-corrected chi connectivity index (χ2v) is 7.36. The number of nitrogens with one attached hydrogen (secondary N) is 2. The molecule has 0 saturated carbocycles. The van der Waals surface area contributed by atoms with Crippen molar-refractivity contribution in [2.75, 3.05) is 24.7 Å². The van der Waals surface area contributed by atoms with Crippen LogP contribution in [-0.2, 0) is 10.0 Å². The fourth-order valence-corrected chi connectivity index (χ4v) is 3.57. The van der Waals surface area contributed by atoms with Gasteiger partial charge in [-0.2, -0.15) is 0 Å². The van der Waals surface area contributed by atoms with Crippen LogP contribution in [0.25, 0.3) is 11.0 Å². The predicted octanol–water partition coefficient (Wildman–Crippen LogP) is 1.66. The van der Waals surface area contributed by atoms with Crippen molar-refractivity contribution in [3.05, 3.63) is 23.5 Å². The summed E-state index contributed by atoms with van der Waals surface area (Å²) in [6.45, 7) is 0.999. The molecule has 0 amide bonds. The van der Waals surface area contributed by atoms with Crippen LogP contribution < -0.4 is 5.32 Å². The van der Waals surface area contributed by atoms with Gasteiger partial charge in [0, 0.05) is 30.7 Å². The number of anilines is 1. The average Bonchev–Trinajstić information content (AvgIpc) is 3.00. The minimum Gasteiger partial charge on any atom is -0.379 e. The van der Waals surface area contributed by atoms with Crippen molar-refractivity contribution < 1.29 is 8.42 Å². The van der Waals surface area contributed by atoms with Crippen molar-refractivity contribution >= 4 is 38.3 Å². The third-order valence-corrected chi connectivity index (χ3v) is 5.07. The lowest BCUT2D eigenvalue weighted by molar-refractivity contribution is 0.480. The molecule has 0 bridgehead atoms. The molecule has 3 heterocycles. The van der Waals surface area contributed by atoms with E-state index in [-0.39, 0.29) is 6.04 Å². The second kappa shape index (κ2) is 4.91. The summed E-state index contributed by atoms with van der Waals surface area (Å²) >= 11 is 6.19. The molecule has 20 heavy (non-hydrogen) atoms. The lowest BCUT2D eigenvalue weighted by Crippen LogP contribution is -2.30. The summed E-state index contributed by atoms with van der Waals surface area (Å²) in [4.78, 5) is 7.23. The Morgan fingerprint density at radius 1 is 1.55 bits per heavy atom. The van der Waals surface area contributed by atoms with Crippen molar-refractivity contribution in [2.45, 2.75) is 12.5 Å². The molecule has 1 aliphatic rings. The first-order valence-corrected chi connectivity index (χ1v) is 8.51. The first-order chi connectivity index (χ1) is 9.45. The Hall–Kier alpha value is -1.31. The maximum absolute atomic E-state index is 11.5. The van der Waals surface area contributed by atoms with Crippen molar-refractivity contribution in [1.82, 2.24) is 14.3 Å². The number of aromatic amines is 1. The maximum Gasteiger partial charge on any atom is 0.211 e. The van der Waals surface area contributed by atoms with Gasteiger partial charge in [0.05, 0.1) is 23.2 Å². The quantitative estimate of drug-likeness (QED) is 0.903. The second-order valence-electron chi connectivity index (χ2n) is 4.97. The van der Waals surface area contributed by atoms with E-state index in [9.17, 15) is 8.42 Å². The fourth-order valence-electron chi connectivity index (χ4n) is 2.48. The number of pyridine rings is 1. The predicted molar refractivity (Wildman–Crippen MR) is 79.5 cm³/mol. The van der Waals surface area contributed by atoms with Crippen LogP contribution in [0.4, 0.5) is 5.69 Å². The van der Waals surface area contributed by atoms with E-state index in [2.05, 4.69) is 15.3 Å². The number of halogens is 1. The Bertz CT molecular complexity index is 743. The SMILES string of the molecule is CS(=O)(=O)N1CC[C@H](Nc2c(Cl)cnc3[nH]ccc23)C1. The zero-order chi connectivity index (χ0) is 14.3. The highest BCUT2D eigenvalue weighted by molar-refractivity contribution is 7.88. The molecule has 108 valence electrons. The van der Waals surface area contributed by atoms with Crippen LogP contribution in [0.15, 0.2) is 18.5 Å². The largest absolute Gasteiger partial charge is 0.379 e. The molecule has 2 aromatic heterocycles. The van der Waals surface area contributed by atoms with Crippen molar-refractivity contribution in [1.29, 1.82) is 0 Å². The molecule has 6 nitrogen and oxygen atoms in total. The molecule has 0 radical (unpaired) electrons. The van der Waals surface area contributed by atoms with Crippen LogP contribution in [0, 0.1) is 0 Å². The molecule has 0 spiro atoms. The van der Waals surface area contributed by atoms with Crippen LogP contribution >= 0.6 is 11.6 Å². The van der Waals surface area contributed by atoms with Crippen molar-refractivity contribution in [3.63, 3.8) is 0 Å². The van der Waals surface area contributed by atoms with E-state index in [1.807, 2.05) is 6.07 Å². The minimum absolute atomic E-state index is 0.0581. The lowest BCUT2D eigenvalue weighted by Gasteiger charge is -2.17. The number of nitrogens with zero attached hydrogens (tertiary/aromatic N) is 2. The van der Waals surface area contributed by atoms with Gasteiger partial charge < -0.3 is 10.3 Å². The van der Waals surface area contributed by atoms with Gasteiger partial charge in [-0.15, -0.1) is 0 Å². The van der Waals surface area contributed by atoms with Crippen molar-refractivity contribution in [2.24, 2.45) is 0 Å². The summed E-state index contributed by atoms with van der Waals surface area (Å²) in [5.74, 6) is 0. The number of fused-ring (bicyclic) bond motifs is 1. The van der Waals surface area contributed by atoms with E-state index in [1.165, 1.54) is 10.6 Å². The highest BCUT2D eigenvalue weighted by Crippen LogP contribution is 2.31. The Kier molecular flexibility index (Phi) is 3.35. The molecular weight excluding hydrogens is 300 g/mol. The van der Waals surface area contributed by atoms with Gasteiger partial charge in [-0.1, -0.05) is 11.6 Å². The molecule has 2 aromatic rings.